The number of benzene rings is 1. The quantitative estimate of drug-likeness (QED) is 0.843. The molecule has 0 radical (unpaired) electrons. The second-order valence-electron chi connectivity index (χ2n) is 4.96. The minimum absolute atomic E-state index is 0.0362. The van der Waals surface area contributed by atoms with Gasteiger partial charge in [0.2, 0.25) is 0 Å². The Kier molecular flexibility index (Phi) is 2.13. The highest BCUT2D eigenvalue weighted by Gasteiger charge is 2.41. The molecule has 1 aliphatic carbocycles. The zero-order valence-corrected chi connectivity index (χ0v) is 9.65. The summed E-state index contributed by atoms with van der Waals surface area (Å²) in [5.41, 5.74) is 1.60. The van der Waals surface area contributed by atoms with Crippen LogP contribution in [-0.2, 0) is 0 Å². The van der Waals surface area contributed by atoms with Crippen LogP contribution in [-0.4, -0.2) is 28.1 Å². The lowest BCUT2D eigenvalue weighted by Crippen LogP contribution is -2.47. The first-order valence-electron chi connectivity index (χ1n) is 5.93. The maximum absolute atomic E-state index is 12.2. The summed E-state index contributed by atoms with van der Waals surface area (Å²) in [6, 6.07) is 7.47. The SMILES string of the molecule is C=C1c2ccccc2C(=O)N1CC1(O)CCC1. The van der Waals surface area contributed by atoms with Gasteiger partial charge in [0.25, 0.3) is 5.91 Å². The summed E-state index contributed by atoms with van der Waals surface area (Å²) in [5.74, 6) is -0.0362. The molecule has 0 spiro atoms. The highest BCUT2D eigenvalue weighted by atomic mass is 16.3. The van der Waals surface area contributed by atoms with Crippen molar-refractivity contribution >= 4 is 11.6 Å². The van der Waals surface area contributed by atoms with Gasteiger partial charge in [-0.2, -0.15) is 0 Å². The van der Waals surface area contributed by atoms with Crippen molar-refractivity contribution in [1.82, 2.24) is 4.90 Å². The van der Waals surface area contributed by atoms with Gasteiger partial charge < -0.3 is 10.0 Å². The van der Waals surface area contributed by atoms with Gasteiger partial charge in [-0.15, -0.1) is 0 Å². The minimum Gasteiger partial charge on any atom is -0.388 e. The molecule has 0 aromatic heterocycles. The number of fused-ring (bicyclic) bond motifs is 1. The van der Waals surface area contributed by atoms with Crippen LogP contribution in [0.4, 0.5) is 0 Å². The van der Waals surface area contributed by atoms with Crippen LogP contribution in [0.15, 0.2) is 30.8 Å². The summed E-state index contributed by atoms with van der Waals surface area (Å²) < 4.78 is 0. The second kappa shape index (κ2) is 3.44. The number of carbonyl (C=O) groups excluding carboxylic acids is 1. The first-order valence-corrected chi connectivity index (χ1v) is 5.93. The summed E-state index contributed by atoms with van der Waals surface area (Å²) in [6.45, 7) is 4.34. The van der Waals surface area contributed by atoms with Crippen molar-refractivity contribution in [3.8, 4) is 0 Å². The van der Waals surface area contributed by atoms with E-state index in [0.717, 1.165) is 24.8 Å². The van der Waals surface area contributed by atoms with Crippen molar-refractivity contribution in [2.75, 3.05) is 6.54 Å². The minimum atomic E-state index is -0.694. The van der Waals surface area contributed by atoms with E-state index in [9.17, 15) is 9.90 Å². The summed E-state index contributed by atoms with van der Waals surface area (Å²) in [4.78, 5) is 13.8. The van der Waals surface area contributed by atoms with E-state index in [-0.39, 0.29) is 5.91 Å². The van der Waals surface area contributed by atoms with Crippen molar-refractivity contribution in [3.05, 3.63) is 42.0 Å². The fourth-order valence-electron chi connectivity index (χ4n) is 2.54. The van der Waals surface area contributed by atoms with Crippen LogP contribution in [0.2, 0.25) is 0 Å². The number of rotatable bonds is 2. The Bertz CT molecular complexity index is 468. The molecule has 1 N–H and O–H groups in total. The van der Waals surface area contributed by atoms with Gasteiger partial charge in [0.05, 0.1) is 12.1 Å². The Morgan fingerprint density at radius 1 is 1.29 bits per heavy atom. The molecule has 0 unspecified atom stereocenters. The maximum Gasteiger partial charge on any atom is 0.259 e. The first kappa shape index (κ1) is 10.5. The van der Waals surface area contributed by atoms with Crippen molar-refractivity contribution in [1.29, 1.82) is 0 Å². The third-order valence-corrected chi connectivity index (χ3v) is 3.78. The maximum atomic E-state index is 12.2. The zero-order chi connectivity index (χ0) is 12.0. The molecule has 1 heterocycles. The van der Waals surface area contributed by atoms with Gasteiger partial charge in [-0.3, -0.25) is 4.79 Å². The number of amides is 1. The van der Waals surface area contributed by atoms with Crippen LogP contribution >= 0.6 is 0 Å². The third kappa shape index (κ3) is 1.50. The van der Waals surface area contributed by atoms with Crippen molar-refractivity contribution < 1.29 is 9.90 Å². The third-order valence-electron chi connectivity index (χ3n) is 3.78. The number of carbonyl (C=O) groups is 1. The molecular formula is C14H15NO2. The lowest BCUT2D eigenvalue weighted by atomic mass is 9.80. The average Bonchev–Trinajstić information content (AvgIpc) is 2.53. The molecule has 0 bridgehead atoms. The van der Waals surface area contributed by atoms with E-state index in [1.165, 1.54) is 0 Å². The van der Waals surface area contributed by atoms with Gasteiger partial charge in [0.1, 0.15) is 0 Å². The van der Waals surface area contributed by atoms with E-state index in [1.54, 1.807) is 4.90 Å². The molecule has 0 atom stereocenters. The fourth-order valence-corrected chi connectivity index (χ4v) is 2.54. The largest absolute Gasteiger partial charge is 0.388 e. The van der Waals surface area contributed by atoms with Gasteiger partial charge in [-0.05, 0) is 25.3 Å². The normalized spacial score (nSPS) is 21.4. The fraction of sp³-hybridized carbons (Fsp3) is 0.357. The predicted molar refractivity (Wildman–Crippen MR) is 65.3 cm³/mol. The van der Waals surface area contributed by atoms with Crippen molar-refractivity contribution in [2.24, 2.45) is 0 Å². The molecule has 2 aliphatic rings. The van der Waals surface area contributed by atoms with Crippen LogP contribution in [0.3, 0.4) is 0 Å². The lowest BCUT2D eigenvalue weighted by molar-refractivity contribution is -0.0449. The Hall–Kier alpha value is -1.61. The Labute approximate surface area is 100 Å². The molecule has 3 heteroatoms. The number of β-amino-alcohol motifs (C(OH)–C–C–N with tert-alkyl or cyclic N) is 1. The van der Waals surface area contributed by atoms with Gasteiger partial charge >= 0.3 is 0 Å². The number of hydrogen-bond donors (Lipinski definition) is 1. The van der Waals surface area contributed by atoms with E-state index in [2.05, 4.69) is 6.58 Å². The summed E-state index contributed by atoms with van der Waals surface area (Å²) in [7, 11) is 0. The van der Waals surface area contributed by atoms with Gasteiger partial charge in [0.15, 0.2) is 0 Å². The smallest absolute Gasteiger partial charge is 0.259 e. The topological polar surface area (TPSA) is 40.5 Å². The summed E-state index contributed by atoms with van der Waals surface area (Å²) in [5, 5.41) is 10.1. The number of hydrogen-bond acceptors (Lipinski definition) is 2. The molecule has 1 fully saturated rings. The van der Waals surface area contributed by atoms with E-state index < -0.39 is 5.60 Å². The molecule has 0 saturated heterocycles. The molecule has 3 nitrogen and oxygen atoms in total. The standard InChI is InChI=1S/C14H15NO2/c1-10-11-5-2-3-6-12(11)13(16)15(10)9-14(17)7-4-8-14/h2-3,5-6,17H,1,4,7-9H2. The van der Waals surface area contributed by atoms with Crippen LogP contribution in [0, 0.1) is 0 Å². The van der Waals surface area contributed by atoms with Crippen LogP contribution in [0.1, 0.15) is 35.2 Å². The van der Waals surface area contributed by atoms with Gasteiger partial charge in [-0.1, -0.05) is 24.8 Å². The first-order chi connectivity index (χ1) is 8.11. The van der Waals surface area contributed by atoms with E-state index in [1.807, 2.05) is 24.3 Å². The molecule has 1 amide bonds. The summed E-state index contributed by atoms with van der Waals surface area (Å²) >= 11 is 0. The molecule has 1 aromatic rings. The highest BCUT2D eigenvalue weighted by Crippen LogP contribution is 2.38. The molecule has 88 valence electrons. The van der Waals surface area contributed by atoms with Gasteiger partial charge in [-0.25, -0.2) is 0 Å². The molecular weight excluding hydrogens is 214 g/mol. The molecule has 3 rings (SSSR count). The van der Waals surface area contributed by atoms with Crippen LogP contribution in [0.25, 0.3) is 5.70 Å². The monoisotopic (exact) mass is 229 g/mol. The van der Waals surface area contributed by atoms with Crippen molar-refractivity contribution in [3.63, 3.8) is 0 Å². The lowest BCUT2D eigenvalue weighted by Gasteiger charge is -2.39. The number of aliphatic hydroxyl groups is 1. The molecule has 1 aliphatic heterocycles. The van der Waals surface area contributed by atoms with Gasteiger partial charge in [0, 0.05) is 16.8 Å². The van der Waals surface area contributed by atoms with E-state index in [0.29, 0.717) is 17.8 Å². The second-order valence-corrected chi connectivity index (χ2v) is 4.96. The molecule has 1 aromatic carbocycles. The van der Waals surface area contributed by atoms with Crippen LogP contribution < -0.4 is 0 Å². The van der Waals surface area contributed by atoms with E-state index >= 15 is 0 Å². The van der Waals surface area contributed by atoms with Crippen LogP contribution in [0.5, 0.6) is 0 Å². The zero-order valence-electron chi connectivity index (χ0n) is 9.65. The Morgan fingerprint density at radius 3 is 2.47 bits per heavy atom. The molecule has 1 saturated carbocycles. The Balaban J connectivity index is 1.90. The predicted octanol–water partition coefficient (Wildman–Crippen LogP) is 2.03. The van der Waals surface area contributed by atoms with Crippen molar-refractivity contribution in [2.45, 2.75) is 24.9 Å². The van der Waals surface area contributed by atoms with E-state index in [4.69, 9.17) is 0 Å². The average molecular weight is 229 g/mol. The highest BCUT2D eigenvalue weighted by molar-refractivity contribution is 6.08. The summed E-state index contributed by atoms with van der Waals surface area (Å²) in [6.07, 6.45) is 2.60. The number of nitrogens with zero attached hydrogens (tertiary/aromatic N) is 1. The Morgan fingerprint density at radius 2 is 1.94 bits per heavy atom. The molecule has 17 heavy (non-hydrogen) atoms.